The molecule has 0 heterocycles. The first kappa shape index (κ1) is 31.7. The summed E-state index contributed by atoms with van der Waals surface area (Å²) in [6, 6.07) is 19.3. The molecule has 0 bridgehead atoms. The lowest BCUT2D eigenvalue weighted by molar-refractivity contribution is -0.140. The first-order valence-electron chi connectivity index (χ1n) is 12.7. The molecule has 0 aromatic heterocycles. The highest BCUT2D eigenvalue weighted by molar-refractivity contribution is 7.92. The second-order valence-corrected chi connectivity index (χ2v) is 12.7. The van der Waals surface area contributed by atoms with Crippen LogP contribution in [0, 0.1) is 0 Å². The summed E-state index contributed by atoms with van der Waals surface area (Å²) in [4.78, 5) is 29.1. The van der Waals surface area contributed by atoms with Gasteiger partial charge < -0.3 is 10.2 Å². The Morgan fingerprint density at radius 3 is 2.12 bits per heavy atom. The van der Waals surface area contributed by atoms with Gasteiger partial charge in [-0.1, -0.05) is 84.2 Å². The van der Waals surface area contributed by atoms with Crippen LogP contribution in [0.5, 0.6) is 0 Å². The third kappa shape index (κ3) is 8.61. The van der Waals surface area contributed by atoms with Crippen molar-refractivity contribution in [2.75, 3.05) is 17.1 Å². The fourth-order valence-electron chi connectivity index (χ4n) is 4.09. The Bertz CT molecular complexity index is 1420. The predicted octanol–water partition coefficient (Wildman–Crippen LogP) is 5.97. The lowest BCUT2D eigenvalue weighted by Crippen LogP contribution is -2.54. The molecule has 3 aromatic rings. The van der Waals surface area contributed by atoms with Crippen LogP contribution in [0.2, 0.25) is 15.1 Å². The van der Waals surface area contributed by atoms with Crippen molar-refractivity contribution in [3.63, 3.8) is 0 Å². The molecule has 3 aromatic carbocycles. The summed E-state index contributed by atoms with van der Waals surface area (Å²) in [5.74, 6) is -0.981. The highest BCUT2D eigenvalue weighted by atomic mass is 35.5. The minimum absolute atomic E-state index is 0.115. The zero-order chi connectivity index (χ0) is 29.4. The second kappa shape index (κ2) is 14.2. The fraction of sp³-hybridized carbons (Fsp3) is 0.310. The molecule has 0 aliphatic carbocycles. The highest BCUT2D eigenvalue weighted by Gasteiger charge is 2.34. The van der Waals surface area contributed by atoms with Crippen molar-refractivity contribution >= 4 is 62.3 Å². The monoisotopic (exact) mass is 623 g/mol. The minimum atomic E-state index is -3.91. The quantitative estimate of drug-likeness (QED) is 0.269. The van der Waals surface area contributed by atoms with E-state index < -0.39 is 28.5 Å². The third-order valence-electron chi connectivity index (χ3n) is 6.44. The average molecular weight is 625 g/mol. The van der Waals surface area contributed by atoms with Crippen molar-refractivity contribution in [1.82, 2.24) is 10.2 Å². The van der Waals surface area contributed by atoms with E-state index in [0.29, 0.717) is 27.1 Å². The first-order valence-corrected chi connectivity index (χ1v) is 15.7. The van der Waals surface area contributed by atoms with Gasteiger partial charge in [-0.2, -0.15) is 0 Å². The Labute approximate surface area is 251 Å². The van der Waals surface area contributed by atoms with Crippen LogP contribution in [0.4, 0.5) is 5.69 Å². The van der Waals surface area contributed by atoms with Gasteiger partial charge >= 0.3 is 0 Å². The average Bonchev–Trinajstić information content (AvgIpc) is 2.90. The number of anilines is 1. The number of nitrogens with one attached hydrogen (secondary N) is 1. The van der Waals surface area contributed by atoms with Gasteiger partial charge in [-0.25, -0.2) is 8.42 Å². The second-order valence-electron chi connectivity index (χ2n) is 9.49. The van der Waals surface area contributed by atoms with E-state index in [4.69, 9.17) is 34.8 Å². The van der Waals surface area contributed by atoms with Crippen LogP contribution in [0.25, 0.3) is 0 Å². The third-order valence-corrected chi connectivity index (χ3v) is 8.52. The topological polar surface area (TPSA) is 86.8 Å². The van der Waals surface area contributed by atoms with Gasteiger partial charge in [-0.05, 0) is 49.2 Å². The standard InChI is InChI=1S/C29H32Cl3N3O4S/c1-4-20(2)33-29(37)27(16-21-10-6-5-7-11-21)34(18-24-25(31)14-9-15-26(24)32)28(36)19-35(40(3,38)39)23-13-8-12-22(30)17-23/h5-15,17,20,27H,4,16,18-19H2,1-3H3,(H,33,37)/t20-,27-/m0/s1. The number of carbonyl (C=O) groups is 2. The molecular formula is C29H32Cl3N3O4S. The summed E-state index contributed by atoms with van der Waals surface area (Å²) >= 11 is 19.1. The maximum absolute atomic E-state index is 14.1. The van der Waals surface area contributed by atoms with E-state index in [-0.39, 0.29) is 30.6 Å². The SMILES string of the molecule is CC[C@H](C)NC(=O)[C@H](Cc1ccccc1)N(Cc1c(Cl)cccc1Cl)C(=O)CN(c1cccc(Cl)c1)S(C)(=O)=O. The van der Waals surface area contributed by atoms with Crippen LogP contribution in [-0.4, -0.2) is 50.0 Å². The lowest BCUT2D eigenvalue weighted by Gasteiger charge is -2.34. The fourth-order valence-corrected chi connectivity index (χ4v) is 5.64. The van der Waals surface area contributed by atoms with Crippen molar-refractivity contribution < 1.29 is 18.0 Å². The molecule has 40 heavy (non-hydrogen) atoms. The van der Waals surface area contributed by atoms with Gasteiger partial charge in [0.1, 0.15) is 12.6 Å². The molecule has 0 unspecified atom stereocenters. The van der Waals surface area contributed by atoms with Crippen molar-refractivity contribution in [1.29, 1.82) is 0 Å². The number of hydrogen-bond acceptors (Lipinski definition) is 4. The Morgan fingerprint density at radius 1 is 0.925 bits per heavy atom. The molecule has 0 aliphatic heterocycles. The van der Waals surface area contributed by atoms with Gasteiger partial charge in [0.05, 0.1) is 11.9 Å². The number of hydrogen-bond donors (Lipinski definition) is 1. The molecule has 2 atom stereocenters. The largest absolute Gasteiger partial charge is 0.352 e. The van der Waals surface area contributed by atoms with E-state index in [1.807, 2.05) is 44.2 Å². The van der Waals surface area contributed by atoms with Crippen LogP contribution >= 0.6 is 34.8 Å². The van der Waals surface area contributed by atoms with E-state index in [1.54, 1.807) is 36.4 Å². The molecule has 3 rings (SSSR count). The molecule has 0 saturated heterocycles. The van der Waals surface area contributed by atoms with Crippen LogP contribution < -0.4 is 9.62 Å². The van der Waals surface area contributed by atoms with Gasteiger partial charge in [-0.15, -0.1) is 0 Å². The molecule has 214 valence electrons. The van der Waals surface area contributed by atoms with Crippen LogP contribution in [0.15, 0.2) is 72.8 Å². The maximum atomic E-state index is 14.1. The van der Waals surface area contributed by atoms with E-state index in [0.717, 1.165) is 16.1 Å². The van der Waals surface area contributed by atoms with E-state index in [9.17, 15) is 18.0 Å². The van der Waals surface area contributed by atoms with Crippen molar-refractivity contribution in [3.05, 3.63) is 99.0 Å². The molecule has 1 N–H and O–H groups in total. The molecule has 11 heteroatoms. The minimum Gasteiger partial charge on any atom is -0.352 e. The number of rotatable bonds is 12. The highest BCUT2D eigenvalue weighted by Crippen LogP contribution is 2.28. The summed E-state index contributed by atoms with van der Waals surface area (Å²) in [7, 11) is -3.91. The summed E-state index contributed by atoms with van der Waals surface area (Å²) < 4.78 is 26.6. The summed E-state index contributed by atoms with van der Waals surface area (Å²) in [6.45, 7) is 3.14. The first-order chi connectivity index (χ1) is 18.9. The summed E-state index contributed by atoms with van der Waals surface area (Å²) in [5.41, 5.74) is 1.50. The number of amides is 2. The number of sulfonamides is 1. The smallest absolute Gasteiger partial charge is 0.244 e. The number of nitrogens with zero attached hydrogens (tertiary/aromatic N) is 2. The van der Waals surface area contributed by atoms with Crippen LogP contribution in [0.3, 0.4) is 0 Å². The van der Waals surface area contributed by atoms with E-state index >= 15 is 0 Å². The lowest BCUT2D eigenvalue weighted by atomic mass is 10.0. The molecule has 0 aliphatic rings. The Morgan fingerprint density at radius 2 is 1.55 bits per heavy atom. The number of carbonyl (C=O) groups excluding carboxylic acids is 2. The van der Waals surface area contributed by atoms with Crippen LogP contribution in [-0.2, 0) is 32.6 Å². The maximum Gasteiger partial charge on any atom is 0.244 e. The molecule has 7 nitrogen and oxygen atoms in total. The molecule has 2 amide bonds. The molecule has 0 spiro atoms. The Balaban J connectivity index is 2.11. The van der Waals surface area contributed by atoms with Gasteiger partial charge in [0.15, 0.2) is 0 Å². The van der Waals surface area contributed by atoms with Gasteiger partial charge in [-0.3, -0.25) is 13.9 Å². The zero-order valence-corrected chi connectivity index (χ0v) is 25.6. The van der Waals surface area contributed by atoms with E-state index in [1.165, 1.54) is 11.0 Å². The Hall–Kier alpha value is -2.78. The van der Waals surface area contributed by atoms with Crippen molar-refractivity contribution in [2.24, 2.45) is 0 Å². The van der Waals surface area contributed by atoms with Gasteiger partial charge in [0.2, 0.25) is 21.8 Å². The van der Waals surface area contributed by atoms with Gasteiger partial charge in [0, 0.05) is 39.6 Å². The predicted molar refractivity (Wildman–Crippen MR) is 162 cm³/mol. The summed E-state index contributed by atoms with van der Waals surface area (Å²) in [5, 5.41) is 3.93. The zero-order valence-electron chi connectivity index (χ0n) is 22.5. The molecule has 0 radical (unpaired) electrons. The number of halogens is 3. The molecular weight excluding hydrogens is 593 g/mol. The van der Waals surface area contributed by atoms with Gasteiger partial charge in [0.25, 0.3) is 0 Å². The van der Waals surface area contributed by atoms with E-state index in [2.05, 4.69) is 5.32 Å². The van der Waals surface area contributed by atoms with Crippen molar-refractivity contribution in [3.8, 4) is 0 Å². The van der Waals surface area contributed by atoms with Crippen LogP contribution in [0.1, 0.15) is 31.4 Å². The molecule has 0 fully saturated rings. The normalized spacial score (nSPS) is 12.8. The van der Waals surface area contributed by atoms with Crippen molar-refractivity contribution in [2.45, 2.75) is 45.3 Å². The Kier molecular flexibility index (Phi) is 11.3. The molecule has 0 saturated carbocycles. The summed E-state index contributed by atoms with van der Waals surface area (Å²) in [6.07, 6.45) is 1.88. The number of benzene rings is 3.